The van der Waals surface area contributed by atoms with E-state index < -0.39 is 22.8 Å². The van der Waals surface area contributed by atoms with Gasteiger partial charge in [-0.2, -0.15) is 10.2 Å². The lowest BCUT2D eigenvalue weighted by molar-refractivity contribution is -0.143. The Bertz CT molecular complexity index is 1980. The first-order valence-corrected chi connectivity index (χ1v) is 16.7. The van der Waals surface area contributed by atoms with Crippen molar-refractivity contribution in [1.29, 1.82) is 10.8 Å². The van der Waals surface area contributed by atoms with E-state index in [0.29, 0.717) is 46.2 Å². The molecule has 0 spiro atoms. The van der Waals surface area contributed by atoms with E-state index in [1.807, 2.05) is 50.2 Å². The second-order valence-corrected chi connectivity index (χ2v) is 13.0. The summed E-state index contributed by atoms with van der Waals surface area (Å²) in [6, 6.07) is 25.8. The van der Waals surface area contributed by atoms with E-state index in [-0.39, 0.29) is 35.7 Å². The molecule has 0 aliphatic heterocycles. The summed E-state index contributed by atoms with van der Waals surface area (Å²) in [5.74, 6) is 9.36. The predicted molar refractivity (Wildman–Crippen MR) is 196 cm³/mol. The molecule has 0 saturated heterocycles. The van der Waals surface area contributed by atoms with Gasteiger partial charge < -0.3 is 21.9 Å². The van der Waals surface area contributed by atoms with Crippen molar-refractivity contribution in [3.63, 3.8) is 0 Å². The third kappa shape index (κ3) is 5.10. The van der Waals surface area contributed by atoms with Gasteiger partial charge in [0.2, 0.25) is 0 Å². The van der Waals surface area contributed by atoms with Crippen LogP contribution in [0.4, 0.5) is 0 Å². The van der Waals surface area contributed by atoms with Gasteiger partial charge in [0.1, 0.15) is 10.8 Å². The van der Waals surface area contributed by atoms with Crippen molar-refractivity contribution < 1.29 is 19.8 Å². The minimum absolute atomic E-state index is 0.0512. The average Bonchev–Trinajstić information content (AvgIpc) is 3.13. The number of nitrogens with one attached hydrogen (secondary N) is 2. The van der Waals surface area contributed by atoms with Crippen LogP contribution in [0.5, 0.6) is 0 Å². The summed E-state index contributed by atoms with van der Waals surface area (Å²) in [7, 11) is 0. The number of carboxylic acids is 2. The number of rotatable bonds is 9. The minimum Gasteiger partial charge on any atom is -0.480 e. The highest BCUT2D eigenvalue weighted by Gasteiger charge is 2.51. The van der Waals surface area contributed by atoms with Gasteiger partial charge in [-0.1, -0.05) is 112 Å². The Morgan fingerprint density at radius 1 is 0.640 bits per heavy atom. The highest BCUT2D eigenvalue weighted by Crippen LogP contribution is 2.47. The number of carboxylic acid groups (broad SMARTS) is 2. The summed E-state index contributed by atoms with van der Waals surface area (Å²) in [5.41, 5.74) is 4.45. The molecule has 0 heterocycles. The molecular formula is C40H40N6O4. The molecule has 2 atom stereocenters. The number of hydrazone groups is 2. The van der Waals surface area contributed by atoms with Gasteiger partial charge in [-0.15, -0.1) is 0 Å². The number of aryl methyl sites for hydroxylation is 2. The van der Waals surface area contributed by atoms with Crippen LogP contribution < -0.4 is 11.7 Å². The number of benzene rings is 4. The van der Waals surface area contributed by atoms with E-state index in [1.165, 1.54) is 0 Å². The molecule has 4 aromatic rings. The summed E-state index contributed by atoms with van der Waals surface area (Å²) < 4.78 is 0. The Labute approximate surface area is 290 Å². The molecule has 4 aromatic carbocycles. The van der Waals surface area contributed by atoms with Crippen molar-refractivity contribution in [3.8, 4) is 11.1 Å². The van der Waals surface area contributed by atoms with Crippen LogP contribution in [-0.2, 0) is 33.3 Å². The zero-order chi connectivity index (χ0) is 35.8. The standard InChI is InChI=1S/C40H40N6O4/c1-3-9-25-19-23(15-17-29(25)39(37(47)48)21-33(45-43)35(41)27-11-5-7-13-31(27)39)24-16-18-30(26(20-24)10-4-2)40(38(49)50)22-34(46-44)36(42)28-12-6-8-14-32(28)40/h5-8,11-20,41-42H,3-4,9-10,21-22,43-44H2,1-2H3,(H,47,48)(H,49,50)/b41-35?,42-36?,45-33-,46-34+. The van der Waals surface area contributed by atoms with E-state index in [4.69, 9.17) is 22.5 Å². The number of nitrogens with two attached hydrogens (primary N) is 2. The Balaban J connectivity index is 1.54. The quantitative estimate of drug-likeness (QED) is 0.0909. The fourth-order valence-electron chi connectivity index (χ4n) is 7.97. The van der Waals surface area contributed by atoms with Crippen LogP contribution in [0.2, 0.25) is 0 Å². The van der Waals surface area contributed by atoms with Gasteiger partial charge in [0.25, 0.3) is 0 Å². The number of fused-ring (bicyclic) bond motifs is 2. The minimum atomic E-state index is -1.50. The van der Waals surface area contributed by atoms with E-state index in [9.17, 15) is 19.8 Å². The summed E-state index contributed by atoms with van der Waals surface area (Å²) >= 11 is 0. The second kappa shape index (κ2) is 13.2. The van der Waals surface area contributed by atoms with Crippen LogP contribution >= 0.6 is 0 Å². The third-order valence-electron chi connectivity index (χ3n) is 10.3. The molecule has 10 heteroatoms. The van der Waals surface area contributed by atoms with E-state index >= 15 is 0 Å². The van der Waals surface area contributed by atoms with Crippen molar-refractivity contribution in [3.05, 3.63) is 129 Å². The fourth-order valence-corrected chi connectivity index (χ4v) is 7.97. The van der Waals surface area contributed by atoms with Crippen LogP contribution in [-0.4, -0.2) is 45.0 Å². The van der Waals surface area contributed by atoms with Crippen LogP contribution in [0, 0.1) is 10.8 Å². The fraction of sp³-hybridized carbons (Fsp3) is 0.250. The van der Waals surface area contributed by atoms with E-state index in [2.05, 4.69) is 10.2 Å². The molecule has 0 radical (unpaired) electrons. The Hall–Kier alpha value is -5.90. The van der Waals surface area contributed by atoms with Crippen molar-refractivity contribution >= 4 is 34.8 Å². The normalized spacial score (nSPS) is 21.6. The first-order chi connectivity index (χ1) is 24.1. The molecule has 0 amide bonds. The van der Waals surface area contributed by atoms with Crippen molar-refractivity contribution in [1.82, 2.24) is 0 Å². The zero-order valence-electron chi connectivity index (χ0n) is 28.1. The lowest BCUT2D eigenvalue weighted by atomic mass is 9.63. The molecular weight excluding hydrogens is 628 g/mol. The molecule has 2 aliphatic rings. The number of aliphatic carboxylic acids is 2. The molecule has 8 N–H and O–H groups in total. The van der Waals surface area contributed by atoms with Gasteiger partial charge in [0.15, 0.2) is 0 Å². The van der Waals surface area contributed by atoms with Gasteiger partial charge in [0, 0.05) is 24.0 Å². The number of nitrogens with zero attached hydrogens (tertiary/aromatic N) is 2. The largest absolute Gasteiger partial charge is 0.480 e. The van der Waals surface area contributed by atoms with E-state index in [0.717, 1.165) is 35.1 Å². The molecule has 0 aromatic heterocycles. The first-order valence-electron chi connectivity index (χ1n) is 16.7. The second-order valence-electron chi connectivity index (χ2n) is 13.0. The van der Waals surface area contributed by atoms with Gasteiger partial charge in [0.05, 0.1) is 22.8 Å². The molecule has 6 rings (SSSR count). The Kier molecular flexibility index (Phi) is 8.96. The van der Waals surface area contributed by atoms with Gasteiger partial charge in [-0.05, 0) is 57.3 Å². The van der Waals surface area contributed by atoms with Crippen molar-refractivity contribution in [2.75, 3.05) is 0 Å². The summed E-state index contributed by atoms with van der Waals surface area (Å²) in [4.78, 5) is 26.8. The van der Waals surface area contributed by atoms with Gasteiger partial charge >= 0.3 is 11.9 Å². The molecule has 2 aliphatic carbocycles. The van der Waals surface area contributed by atoms with Crippen molar-refractivity contribution in [2.45, 2.75) is 63.2 Å². The highest BCUT2D eigenvalue weighted by molar-refractivity contribution is 6.50. The highest BCUT2D eigenvalue weighted by atomic mass is 16.4. The van der Waals surface area contributed by atoms with Crippen molar-refractivity contribution in [2.24, 2.45) is 21.9 Å². The first kappa shape index (κ1) is 34.0. The molecule has 50 heavy (non-hydrogen) atoms. The molecule has 0 bridgehead atoms. The Morgan fingerprint density at radius 3 is 1.36 bits per heavy atom. The molecule has 254 valence electrons. The number of carbonyl (C=O) groups is 2. The van der Waals surface area contributed by atoms with Gasteiger partial charge in [-0.25, -0.2) is 0 Å². The molecule has 10 nitrogen and oxygen atoms in total. The van der Waals surface area contributed by atoms with E-state index in [1.54, 1.807) is 48.5 Å². The lowest BCUT2D eigenvalue weighted by Crippen LogP contribution is -2.46. The smallest absolute Gasteiger partial charge is 0.319 e. The molecule has 2 unspecified atom stereocenters. The SMILES string of the molecule is CCCc1cc(-c2ccc(C3(C(=O)O)C/C(=N\N)C(=N)c4ccccc43)c(CCC)c2)ccc1C1(C(=O)O)C/C(=N/N)C(=N)c2ccccc21. The number of hydrogen-bond donors (Lipinski definition) is 6. The van der Waals surface area contributed by atoms with Crippen LogP contribution in [0.15, 0.2) is 95.1 Å². The summed E-state index contributed by atoms with van der Waals surface area (Å²) in [6.07, 6.45) is 2.65. The Morgan fingerprint density at radius 2 is 1.02 bits per heavy atom. The predicted octanol–water partition coefficient (Wildman–Crippen LogP) is 6.17. The summed E-state index contributed by atoms with van der Waals surface area (Å²) in [5, 5.41) is 47.0. The van der Waals surface area contributed by atoms with Crippen LogP contribution in [0.3, 0.4) is 0 Å². The van der Waals surface area contributed by atoms with Crippen LogP contribution in [0.25, 0.3) is 11.1 Å². The summed E-state index contributed by atoms with van der Waals surface area (Å²) in [6.45, 7) is 4.09. The maximum atomic E-state index is 13.4. The monoisotopic (exact) mass is 668 g/mol. The van der Waals surface area contributed by atoms with Gasteiger partial charge in [-0.3, -0.25) is 20.4 Å². The zero-order valence-corrected chi connectivity index (χ0v) is 28.1. The molecule has 0 fully saturated rings. The molecule has 0 saturated carbocycles. The number of hydrogen-bond acceptors (Lipinski definition) is 8. The maximum Gasteiger partial charge on any atom is 0.319 e. The third-order valence-corrected chi connectivity index (χ3v) is 10.3. The lowest BCUT2D eigenvalue weighted by Gasteiger charge is -2.38. The average molecular weight is 669 g/mol. The topological polar surface area (TPSA) is 199 Å². The van der Waals surface area contributed by atoms with Crippen LogP contribution in [0.1, 0.15) is 84.0 Å². The maximum absolute atomic E-state index is 13.4.